The van der Waals surface area contributed by atoms with Gasteiger partial charge < -0.3 is 15.7 Å². The van der Waals surface area contributed by atoms with Crippen molar-refractivity contribution in [2.45, 2.75) is 13.5 Å². The van der Waals surface area contributed by atoms with Crippen LogP contribution in [0.4, 0.5) is 5.82 Å². The van der Waals surface area contributed by atoms with Gasteiger partial charge in [0, 0.05) is 13.2 Å². The van der Waals surface area contributed by atoms with E-state index in [-0.39, 0.29) is 13.2 Å². The van der Waals surface area contributed by atoms with Gasteiger partial charge in [-0.1, -0.05) is 0 Å². The van der Waals surface area contributed by atoms with Crippen molar-refractivity contribution < 1.29 is 9.90 Å². The lowest BCUT2D eigenvalue weighted by Gasteiger charge is -2.18. The van der Waals surface area contributed by atoms with Crippen molar-refractivity contribution in [3.8, 4) is 0 Å². The highest BCUT2D eigenvalue weighted by Crippen LogP contribution is 2.16. The van der Waals surface area contributed by atoms with Crippen LogP contribution in [0.2, 0.25) is 0 Å². The Labute approximate surface area is 88.5 Å². The lowest BCUT2D eigenvalue weighted by atomic mass is 10.2. The minimum Gasteiger partial charge on any atom is -0.392 e. The van der Waals surface area contributed by atoms with Gasteiger partial charge in [0.1, 0.15) is 5.82 Å². The van der Waals surface area contributed by atoms with Crippen LogP contribution < -0.4 is 10.6 Å². The number of anilines is 1. The second kappa shape index (κ2) is 4.75. The molecule has 0 spiro atoms. The molecule has 0 aromatic carbocycles. The Morgan fingerprint density at radius 3 is 2.80 bits per heavy atom. The first-order valence-corrected chi connectivity index (χ1v) is 4.60. The zero-order chi connectivity index (χ0) is 11.4. The van der Waals surface area contributed by atoms with Gasteiger partial charge in [0.15, 0.2) is 0 Å². The third-order valence-corrected chi connectivity index (χ3v) is 2.04. The van der Waals surface area contributed by atoms with Gasteiger partial charge in [0.2, 0.25) is 5.91 Å². The summed E-state index contributed by atoms with van der Waals surface area (Å²) in [6.07, 6.45) is 1.58. The zero-order valence-electron chi connectivity index (χ0n) is 8.90. The van der Waals surface area contributed by atoms with Gasteiger partial charge in [0.25, 0.3) is 0 Å². The molecule has 1 aromatic heterocycles. The van der Waals surface area contributed by atoms with Gasteiger partial charge in [-0.2, -0.15) is 0 Å². The number of pyridine rings is 1. The summed E-state index contributed by atoms with van der Waals surface area (Å²) in [5, 5.41) is 8.91. The molecule has 1 amide bonds. The van der Waals surface area contributed by atoms with E-state index in [2.05, 4.69) is 4.98 Å². The van der Waals surface area contributed by atoms with E-state index in [4.69, 9.17) is 10.8 Å². The number of aromatic nitrogens is 1. The Kier molecular flexibility index (Phi) is 3.62. The lowest BCUT2D eigenvalue weighted by Crippen LogP contribution is -2.31. The van der Waals surface area contributed by atoms with Crippen molar-refractivity contribution in [3.63, 3.8) is 0 Å². The fraction of sp³-hybridized carbons (Fsp3) is 0.400. The van der Waals surface area contributed by atoms with Crippen molar-refractivity contribution in [1.82, 2.24) is 4.98 Å². The number of carbonyl (C=O) groups is 1. The van der Waals surface area contributed by atoms with Crippen LogP contribution in [0, 0.1) is 6.92 Å². The highest BCUT2D eigenvalue weighted by molar-refractivity contribution is 5.79. The highest BCUT2D eigenvalue weighted by atomic mass is 16.3. The molecule has 0 aliphatic rings. The average Bonchev–Trinajstić information content (AvgIpc) is 2.16. The summed E-state index contributed by atoms with van der Waals surface area (Å²) in [5.74, 6) is 0.302. The second-order valence-corrected chi connectivity index (χ2v) is 3.46. The Balaban J connectivity index is 2.90. The molecule has 0 saturated carbocycles. The third-order valence-electron chi connectivity index (χ3n) is 2.04. The van der Waals surface area contributed by atoms with E-state index >= 15 is 0 Å². The summed E-state index contributed by atoms with van der Waals surface area (Å²) >= 11 is 0. The number of rotatable bonds is 4. The van der Waals surface area contributed by atoms with Crippen LogP contribution in [-0.4, -0.2) is 29.6 Å². The zero-order valence-corrected chi connectivity index (χ0v) is 8.90. The van der Waals surface area contributed by atoms with E-state index in [1.165, 1.54) is 0 Å². The normalized spacial score (nSPS) is 10.1. The number of nitrogens with zero attached hydrogens (tertiary/aromatic N) is 2. The predicted molar refractivity (Wildman–Crippen MR) is 57.4 cm³/mol. The Bertz CT molecular complexity index is 366. The molecule has 0 fully saturated rings. The van der Waals surface area contributed by atoms with Crippen molar-refractivity contribution in [3.05, 3.63) is 23.4 Å². The number of likely N-dealkylation sites (N-methyl/N-ethyl adjacent to an activating group) is 1. The summed E-state index contributed by atoms with van der Waals surface area (Å²) in [7, 11) is 1.75. The van der Waals surface area contributed by atoms with Gasteiger partial charge in [-0.15, -0.1) is 0 Å². The average molecular weight is 209 g/mol. The van der Waals surface area contributed by atoms with Crippen molar-refractivity contribution in [2.24, 2.45) is 5.73 Å². The maximum absolute atomic E-state index is 10.7. The van der Waals surface area contributed by atoms with Crippen LogP contribution in [0.1, 0.15) is 11.1 Å². The first-order valence-electron chi connectivity index (χ1n) is 4.60. The fourth-order valence-corrected chi connectivity index (χ4v) is 1.42. The molecule has 5 heteroatoms. The van der Waals surface area contributed by atoms with Crippen molar-refractivity contribution >= 4 is 11.7 Å². The molecule has 15 heavy (non-hydrogen) atoms. The quantitative estimate of drug-likeness (QED) is 0.720. The molecule has 1 aromatic rings. The molecule has 1 heterocycles. The molecule has 1 rings (SSSR count). The maximum atomic E-state index is 10.7. The molecule has 0 bridgehead atoms. The molecule has 0 atom stereocenters. The van der Waals surface area contributed by atoms with Crippen LogP contribution in [0.3, 0.4) is 0 Å². The van der Waals surface area contributed by atoms with Crippen molar-refractivity contribution in [1.29, 1.82) is 0 Å². The number of aliphatic hydroxyl groups excluding tert-OH is 1. The molecule has 0 aliphatic carbocycles. The first-order chi connectivity index (χ1) is 7.04. The van der Waals surface area contributed by atoms with E-state index in [9.17, 15) is 4.79 Å². The second-order valence-electron chi connectivity index (χ2n) is 3.46. The van der Waals surface area contributed by atoms with E-state index in [1.54, 1.807) is 18.1 Å². The first kappa shape index (κ1) is 11.5. The van der Waals surface area contributed by atoms with Crippen LogP contribution in [-0.2, 0) is 11.4 Å². The van der Waals surface area contributed by atoms with Crippen LogP contribution in [0.5, 0.6) is 0 Å². The fourth-order valence-electron chi connectivity index (χ4n) is 1.42. The number of hydrogen-bond donors (Lipinski definition) is 2. The van der Waals surface area contributed by atoms with Gasteiger partial charge in [-0.05, 0) is 24.1 Å². The molecule has 0 aliphatic heterocycles. The molecule has 5 nitrogen and oxygen atoms in total. The molecular formula is C10H15N3O2. The number of hydrogen-bond acceptors (Lipinski definition) is 4. The lowest BCUT2D eigenvalue weighted by molar-refractivity contribution is -0.116. The highest BCUT2D eigenvalue weighted by Gasteiger charge is 2.08. The number of primary amides is 1. The van der Waals surface area contributed by atoms with E-state index < -0.39 is 5.91 Å². The monoisotopic (exact) mass is 209 g/mol. The Morgan fingerprint density at radius 2 is 2.33 bits per heavy atom. The number of nitrogens with two attached hydrogens (primary N) is 1. The SMILES string of the molecule is Cc1cc(CO)cnc1N(C)CC(N)=O. The number of amides is 1. The molecule has 0 saturated heterocycles. The molecule has 0 unspecified atom stereocenters. The van der Waals surface area contributed by atoms with Gasteiger partial charge in [0.05, 0.1) is 13.2 Å². The van der Waals surface area contributed by atoms with Gasteiger partial charge in [-0.25, -0.2) is 4.98 Å². The maximum Gasteiger partial charge on any atom is 0.236 e. The van der Waals surface area contributed by atoms with E-state index in [0.29, 0.717) is 5.82 Å². The third kappa shape index (κ3) is 2.92. The van der Waals surface area contributed by atoms with Crippen LogP contribution >= 0.6 is 0 Å². The van der Waals surface area contributed by atoms with Crippen LogP contribution in [0.15, 0.2) is 12.3 Å². The van der Waals surface area contributed by atoms with Crippen LogP contribution in [0.25, 0.3) is 0 Å². The van der Waals surface area contributed by atoms with E-state index in [0.717, 1.165) is 11.1 Å². The minimum atomic E-state index is -0.398. The summed E-state index contributed by atoms with van der Waals surface area (Å²) in [6.45, 7) is 1.97. The molecular weight excluding hydrogens is 194 g/mol. The molecule has 0 radical (unpaired) electrons. The summed E-state index contributed by atoms with van der Waals surface area (Å²) in [5.41, 5.74) is 6.75. The summed E-state index contributed by atoms with van der Waals surface area (Å²) in [6, 6.07) is 1.83. The largest absolute Gasteiger partial charge is 0.392 e. The topological polar surface area (TPSA) is 79.5 Å². The molecule has 82 valence electrons. The van der Waals surface area contributed by atoms with Gasteiger partial charge >= 0.3 is 0 Å². The van der Waals surface area contributed by atoms with Gasteiger partial charge in [-0.3, -0.25) is 4.79 Å². The summed E-state index contributed by atoms with van der Waals surface area (Å²) < 4.78 is 0. The minimum absolute atomic E-state index is 0.0341. The van der Waals surface area contributed by atoms with E-state index in [1.807, 2.05) is 13.0 Å². The smallest absolute Gasteiger partial charge is 0.236 e. The summed E-state index contributed by atoms with van der Waals surface area (Å²) in [4.78, 5) is 16.6. The Morgan fingerprint density at radius 1 is 1.67 bits per heavy atom. The number of carbonyl (C=O) groups excluding carboxylic acids is 1. The Hall–Kier alpha value is -1.62. The number of aryl methyl sites for hydroxylation is 1. The number of aliphatic hydroxyl groups is 1. The van der Waals surface area contributed by atoms with Crippen molar-refractivity contribution in [2.75, 3.05) is 18.5 Å². The molecule has 3 N–H and O–H groups in total. The standard InChI is InChI=1S/C10H15N3O2/c1-7-3-8(6-14)4-12-10(7)13(2)5-9(11)15/h3-4,14H,5-6H2,1-2H3,(H2,11,15). The predicted octanol–water partition coefficient (Wildman–Crippen LogP) is -0.196.